The molecule has 0 unspecified atom stereocenters. The van der Waals surface area contributed by atoms with Crippen LogP contribution in [0.2, 0.25) is 0 Å². The van der Waals surface area contributed by atoms with E-state index in [-0.39, 0.29) is 24.0 Å². The largest absolute Gasteiger partial charge is 0.573 e. The number of para-hydroxylation sites is 1. The summed E-state index contributed by atoms with van der Waals surface area (Å²) in [5.41, 5.74) is 1.24. The Morgan fingerprint density at radius 3 is 2.56 bits per heavy atom. The summed E-state index contributed by atoms with van der Waals surface area (Å²) in [7, 11) is 0. The number of nitro benzene ring substituents is 1. The van der Waals surface area contributed by atoms with Gasteiger partial charge in [0.05, 0.1) is 10.6 Å². The molecule has 178 valence electrons. The van der Waals surface area contributed by atoms with Gasteiger partial charge in [0.15, 0.2) is 0 Å². The minimum atomic E-state index is -4.81. The van der Waals surface area contributed by atoms with Crippen molar-refractivity contribution in [3.63, 3.8) is 0 Å². The molecule has 1 aliphatic rings. The molecule has 34 heavy (non-hydrogen) atoms. The molecule has 3 aromatic rings. The van der Waals surface area contributed by atoms with Crippen LogP contribution < -0.4 is 15.4 Å². The Kier molecular flexibility index (Phi) is 6.80. The quantitative estimate of drug-likeness (QED) is 0.309. The van der Waals surface area contributed by atoms with Crippen molar-refractivity contribution in [1.82, 2.24) is 9.97 Å². The minimum absolute atomic E-state index is 0.0226. The molecule has 2 aromatic carbocycles. The van der Waals surface area contributed by atoms with Crippen molar-refractivity contribution in [2.24, 2.45) is 0 Å². The van der Waals surface area contributed by atoms with Crippen LogP contribution in [0.1, 0.15) is 31.2 Å². The van der Waals surface area contributed by atoms with Gasteiger partial charge in [0.1, 0.15) is 11.6 Å². The Balaban J connectivity index is 1.63. The van der Waals surface area contributed by atoms with E-state index < -0.39 is 11.3 Å². The zero-order chi connectivity index (χ0) is 24.1. The Morgan fingerprint density at radius 1 is 1.06 bits per heavy atom. The first-order valence-corrected chi connectivity index (χ1v) is 10.7. The maximum atomic E-state index is 12.7. The Morgan fingerprint density at radius 2 is 1.82 bits per heavy atom. The van der Waals surface area contributed by atoms with Crippen LogP contribution in [0.15, 0.2) is 54.6 Å². The number of nitrogens with one attached hydrogen (secondary N) is 2. The summed E-state index contributed by atoms with van der Waals surface area (Å²) in [5, 5.41) is 17.7. The molecule has 0 bridgehead atoms. The van der Waals surface area contributed by atoms with Crippen LogP contribution in [0.4, 0.5) is 30.6 Å². The fourth-order valence-electron chi connectivity index (χ4n) is 3.88. The summed E-state index contributed by atoms with van der Waals surface area (Å²) in [6, 6.07) is 13.7. The van der Waals surface area contributed by atoms with E-state index in [0.717, 1.165) is 25.7 Å². The van der Waals surface area contributed by atoms with Gasteiger partial charge in [-0.05, 0) is 25.0 Å². The molecule has 4 rings (SSSR count). The van der Waals surface area contributed by atoms with Gasteiger partial charge >= 0.3 is 6.36 Å². The van der Waals surface area contributed by atoms with Crippen LogP contribution in [-0.4, -0.2) is 27.3 Å². The molecule has 1 saturated carbocycles. The first-order chi connectivity index (χ1) is 16.3. The third kappa shape index (κ3) is 6.12. The van der Waals surface area contributed by atoms with Crippen LogP contribution >= 0.6 is 0 Å². The number of ether oxygens (including phenoxy) is 1. The van der Waals surface area contributed by atoms with Gasteiger partial charge in [0, 0.05) is 35.8 Å². The number of hydrogen-bond donors (Lipinski definition) is 2. The van der Waals surface area contributed by atoms with Crippen LogP contribution in [0.3, 0.4) is 0 Å². The molecule has 1 fully saturated rings. The van der Waals surface area contributed by atoms with Gasteiger partial charge in [0.2, 0.25) is 5.95 Å². The zero-order valence-electron chi connectivity index (χ0n) is 18.0. The summed E-state index contributed by atoms with van der Waals surface area (Å²) >= 11 is 0. The monoisotopic (exact) mass is 473 g/mol. The van der Waals surface area contributed by atoms with E-state index in [1.807, 2.05) is 0 Å². The number of alkyl halides is 3. The van der Waals surface area contributed by atoms with Gasteiger partial charge in [-0.15, -0.1) is 13.2 Å². The molecule has 0 amide bonds. The lowest BCUT2D eigenvalue weighted by atomic mass is 10.1. The van der Waals surface area contributed by atoms with Gasteiger partial charge < -0.3 is 15.4 Å². The molecule has 1 aliphatic carbocycles. The van der Waals surface area contributed by atoms with E-state index in [2.05, 4.69) is 25.3 Å². The highest BCUT2D eigenvalue weighted by Crippen LogP contribution is 2.30. The average molecular weight is 473 g/mol. The molecule has 0 radical (unpaired) electrons. The number of benzene rings is 2. The Hall–Kier alpha value is -3.89. The maximum absolute atomic E-state index is 12.7. The molecule has 0 spiro atoms. The maximum Gasteiger partial charge on any atom is 0.573 e. The van der Waals surface area contributed by atoms with Gasteiger partial charge in [-0.25, -0.2) is 4.98 Å². The molecular weight excluding hydrogens is 451 g/mol. The zero-order valence-corrected chi connectivity index (χ0v) is 18.0. The highest BCUT2D eigenvalue weighted by Gasteiger charge is 2.31. The second-order valence-electron chi connectivity index (χ2n) is 7.90. The van der Waals surface area contributed by atoms with Crippen molar-refractivity contribution in [3.05, 3.63) is 70.3 Å². The van der Waals surface area contributed by atoms with E-state index >= 15 is 0 Å². The fraction of sp³-hybridized carbons (Fsp3) is 0.304. The van der Waals surface area contributed by atoms with Crippen molar-refractivity contribution >= 4 is 17.5 Å². The van der Waals surface area contributed by atoms with Crippen LogP contribution in [0, 0.1) is 10.1 Å². The number of anilines is 2. The number of aromatic nitrogens is 2. The Bertz CT molecular complexity index is 1170. The van der Waals surface area contributed by atoms with Gasteiger partial charge in [-0.2, -0.15) is 4.98 Å². The summed E-state index contributed by atoms with van der Waals surface area (Å²) in [6.07, 6.45) is -0.673. The number of nitrogens with zero attached hydrogens (tertiary/aromatic N) is 3. The molecule has 0 atom stereocenters. The lowest BCUT2D eigenvalue weighted by Gasteiger charge is -2.15. The second kappa shape index (κ2) is 9.94. The SMILES string of the molecule is O=[N+]([O-])c1ccccc1CNc1cc(-c2cccc(OC(F)(F)F)c2)nc(NC2CCCC2)n1. The van der Waals surface area contributed by atoms with E-state index in [1.54, 1.807) is 30.3 Å². The van der Waals surface area contributed by atoms with Crippen molar-refractivity contribution in [2.45, 2.75) is 44.6 Å². The number of rotatable bonds is 8. The fourth-order valence-corrected chi connectivity index (χ4v) is 3.88. The predicted molar refractivity (Wildman–Crippen MR) is 120 cm³/mol. The smallest absolute Gasteiger partial charge is 0.406 e. The molecule has 1 aromatic heterocycles. The van der Waals surface area contributed by atoms with Crippen molar-refractivity contribution in [3.8, 4) is 17.0 Å². The lowest BCUT2D eigenvalue weighted by molar-refractivity contribution is -0.385. The van der Waals surface area contributed by atoms with E-state index in [9.17, 15) is 23.3 Å². The van der Waals surface area contributed by atoms with Gasteiger partial charge in [-0.3, -0.25) is 10.1 Å². The van der Waals surface area contributed by atoms with Crippen molar-refractivity contribution in [1.29, 1.82) is 0 Å². The third-order valence-electron chi connectivity index (χ3n) is 5.43. The van der Waals surface area contributed by atoms with Crippen LogP contribution in [0.25, 0.3) is 11.3 Å². The molecule has 8 nitrogen and oxygen atoms in total. The standard InChI is InChI=1S/C23H22F3N5O3/c24-23(25,26)34-18-10-5-7-15(12-18)19-13-21(30-22(29-19)28-17-8-2-3-9-17)27-14-16-6-1-4-11-20(16)31(32)33/h1,4-7,10-13,17H,2-3,8-9,14H2,(H2,27,28,29,30). The normalized spacial score (nSPS) is 14.1. The average Bonchev–Trinajstić information content (AvgIpc) is 3.30. The number of hydrogen-bond acceptors (Lipinski definition) is 7. The lowest BCUT2D eigenvalue weighted by Crippen LogP contribution is -2.18. The molecule has 1 heterocycles. The van der Waals surface area contributed by atoms with Crippen LogP contribution in [-0.2, 0) is 6.54 Å². The van der Waals surface area contributed by atoms with Crippen molar-refractivity contribution in [2.75, 3.05) is 10.6 Å². The van der Waals surface area contributed by atoms with E-state index in [1.165, 1.54) is 24.3 Å². The van der Waals surface area contributed by atoms with Crippen molar-refractivity contribution < 1.29 is 22.8 Å². The highest BCUT2D eigenvalue weighted by molar-refractivity contribution is 5.66. The predicted octanol–water partition coefficient (Wildman–Crippen LogP) is 5.92. The molecular formula is C23H22F3N5O3. The first kappa shape index (κ1) is 23.3. The van der Waals surface area contributed by atoms with Crippen LogP contribution in [0.5, 0.6) is 5.75 Å². The minimum Gasteiger partial charge on any atom is -0.406 e. The summed E-state index contributed by atoms with van der Waals surface area (Å²) < 4.78 is 42.0. The topological polar surface area (TPSA) is 102 Å². The summed E-state index contributed by atoms with van der Waals surface area (Å²) in [6.45, 7) is 0.133. The third-order valence-corrected chi connectivity index (χ3v) is 5.43. The Labute approximate surface area is 193 Å². The first-order valence-electron chi connectivity index (χ1n) is 10.7. The van der Waals surface area contributed by atoms with E-state index in [4.69, 9.17) is 0 Å². The number of halogens is 3. The molecule has 0 aliphatic heterocycles. The summed E-state index contributed by atoms with van der Waals surface area (Å²) in [4.78, 5) is 19.8. The molecule has 11 heteroatoms. The van der Waals surface area contributed by atoms with E-state index in [0.29, 0.717) is 28.6 Å². The summed E-state index contributed by atoms with van der Waals surface area (Å²) in [5.74, 6) is 0.353. The second-order valence-corrected chi connectivity index (χ2v) is 7.90. The molecule has 0 saturated heterocycles. The highest BCUT2D eigenvalue weighted by atomic mass is 19.4. The van der Waals surface area contributed by atoms with Gasteiger partial charge in [0.25, 0.3) is 5.69 Å². The molecule has 2 N–H and O–H groups in total. The van der Waals surface area contributed by atoms with Gasteiger partial charge in [-0.1, -0.05) is 43.2 Å². The number of nitro groups is 1.